The Morgan fingerprint density at radius 3 is 2.46 bits per heavy atom. The summed E-state index contributed by atoms with van der Waals surface area (Å²) < 4.78 is 70.9. The van der Waals surface area contributed by atoms with E-state index in [0.717, 1.165) is 12.1 Å². The van der Waals surface area contributed by atoms with Gasteiger partial charge in [0.1, 0.15) is 22.7 Å². The Morgan fingerprint density at radius 2 is 1.84 bits per heavy atom. The van der Waals surface area contributed by atoms with Gasteiger partial charge >= 0.3 is 0 Å². The van der Waals surface area contributed by atoms with Crippen LogP contribution in [0.15, 0.2) is 72.5 Å². The Balaban J connectivity index is 1.84. The van der Waals surface area contributed by atoms with Gasteiger partial charge in [-0.05, 0) is 54.5 Å². The van der Waals surface area contributed by atoms with E-state index in [2.05, 4.69) is 4.98 Å². The maximum Gasteiger partial charge on any atom is 0.242 e. The molecule has 1 atom stereocenters. The zero-order valence-electron chi connectivity index (χ0n) is 20.5. The number of rotatable bonds is 9. The van der Waals surface area contributed by atoms with Gasteiger partial charge in [0, 0.05) is 36.4 Å². The first kappa shape index (κ1) is 26.7. The second-order valence-electron chi connectivity index (χ2n) is 8.44. The molecule has 0 aliphatic heterocycles. The van der Waals surface area contributed by atoms with Crippen LogP contribution in [0.5, 0.6) is 0 Å². The van der Waals surface area contributed by atoms with E-state index in [0.29, 0.717) is 27.9 Å². The lowest BCUT2D eigenvalue weighted by Crippen LogP contribution is -2.39. The minimum Gasteiger partial charge on any atom is -0.493 e. The summed E-state index contributed by atoms with van der Waals surface area (Å²) >= 11 is 6.25. The van der Waals surface area contributed by atoms with E-state index in [1.165, 1.54) is 42.8 Å². The molecule has 37 heavy (non-hydrogen) atoms. The number of hydrogen-bond acceptors (Lipinski definition) is 5. The fraction of sp³-hybridized carbons (Fsp3) is 0.269. The Labute approximate surface area is 219 Å². The molecule has 11 heteroatoms. The number of aromatic nitrogens is 2. The van der Waals surface area contributed by atoms with Crippen molar-refractivity contribution in [2.45, 2.75) is 24.6 Å². The molecule has 196 valence electrons. The quantitative estimate of drug-likeness (QED) is 0.371. The van der Waals surface area contributed by atoms with Gasteiger partial charge < -0.3 is 14.0 Å². The Hall–Kier alpha value is -3.37. The normalized spacial score (nSPS) is 15.7. The second kappa shape index (κ2) is 10.9. The number of sulfonamides is 1. The lowest BCUT2D eigenvalue weighted by Gasteiger charge is -2.31. The molecular weight excluding hydrogens is 524 g/mol. The van der Waals surface area contributed by atoms with Gasteiger partial charge in [-0.15, -0.1) is 0 Å². The van der Waals surface area contributed by atoms with Gasteiger partial charge in [0.2, 0.25) is 10.0 Å². The molecule has 0 amide bonds. The molecule has 0 fully saturated rings. The predicted octanol–water partition coefficient (Wildman–Crippen LogP) is 5.11. The molecule has 3 aromatic rings. The molecule has 1 heterocycles. The van der Waals surface area contributed by atoms with Crippen molar-refractivity contribution in [1.29, 1.82) is 0 Å². The highest BCUT2D eigenvalue weighted by atomic mass is 35.5. The van der Waals surface area contributed by atoms with Crippen LogP contribution in [0.3, 0.4) is 0 Å². The summed E-state index contributed by atoms with van der Waals surface area (Å²) in [5, 5.41) is -0.688. The molecule has 1 aliphatic rings. The topological polar surface area (TPSA) is 73.7 Å². The van der Waals surface area contributed by atoms with Crippen molar-refractivity contribution < 1.29 is 26.7 Å². The number of imidazole rings is 1. The molecule has 0 saturated carbocycles. The summed E-state index contributed by atoms with van der Waals surface area (Å²) in [5.74, 6) is -0.263. The summed E-state index contributed by atoms with van der Waals surface area (Å²) in [4.78, 5) is 4.29. The van der Waals surface area contributed by atoms with Gasteiger partial charge in [-0.2, -0.15) is 0 Å². The molecule has 1 unspecified atom stereocenters. The number of nitrogens with zero attached hydrogens (tertiary/aromatic N) is 3. The lowest BCUT2D eigenvalue weighted by molar-refractivity contribution is 0.215. The average molecular weight is 550 g/mol. The van der Waals surface area contributed by atoms with Crippen LogP contribution in [0, 0.1) is 11.6 Å². The molecule has 7 nitrogen and oxygen atoms in total. The fourth-order valence-electron chi connectivity index (χ4n) is 4.19. The van der Waals surface area contributed by atoms with Crippen LogP contribution in [0.4, 0.5) is 14.5 Å². The third-order valence-electron chi connectivity index (χ3n) is 6.19. The molecule has 0 N–H and O–H groups in total. The van der Waals surface area contributed by atoms with Crippen LogP contribution in [0.1, 0.15) is 23.4 Å². The van der Waals surface area contributed by atoms with Gasteiger partial charge in [0.05, 0.1) is 26.5 Å². The number of methoxy groups -OCH3 is 2. The molecule has 4 rings (SSSR count). The van der Waals surface area contributed by atoms with Crippen molar-refractivity contribution in [3.05, 3.63) is 106 Å². The molecule has 0 spiro atoms. The van der Waals surface area contributed by atoms with Crippen LogP contribution < -0.4 is 4.31 Å². The maximum absolute atomic E-state index is 14.5. The highest BCUT2D eigenvalue weighted by Gasteiger charge is 2.35. The van der Waals surface area contributed by atoms with Crippen LogP contribution in [0.2, 0.25) is 5.02 Å². The summed E-state index contributed by atoms with van der Waals surface area (Å²) in [5.41, 5.74) is 0.394. The van der Waals surface area contributed by atoms with Crippen molar-refractivity contribution in [3.63, 3.8) is 0 Å². The van der Waals surface area contributed by atoms with Gasteiger partial charge in [0.25, 0.3) is 0 Å². The van der Waals surface area contributed by atoms with Gasteiger partial charge in [-0.1, -0.05) is 17.7 Å². The molecule has 2 aromatic carbocycles. The van der Waals surface area contributed by atoms with Gasteiger partial charge in [-0.25, -0.2) is 22.2 Å². The minimum absolute atomic E-state index is 0.117. The van der Waals surface area contributed by atoms with E-state index >= 15 is 0 Å². The molecule has 0 radical (unpaired) electrons. The maximum atomic E-state index is 14.5. The predicted molar refractivity (Wildman–Crippen MR) is 138 cm³/mol. The Bertz CT molecular complexity index is 1450. The second-order valence-corrected chi connectivity index (χ2v) is 11.0. The molecule has 1 aliphatic carbocycles. The van der Waals surface area contributed by atoms with Gasteiger partial charge in [0.15, 0.2) is 11.5 Å². The van der Waals surface area contributed by atoms with E-state index in [-0.39, 0.29) is 30.6 Å². The average Bonchev–Trinajstić information content (AvgIpc) is 3.29. The number of aryl methyl sites for hydroxylation is 1. The van der Waals surface area contributed by atoms with Crippen molar-refractivity contribution in [3.8, 4) is 0 Å². The molecule has 0 saturated heterocycles. The summed E-state index contributed by atoms with van der Waals surface area (Å²) in [6.45, 7) is -0.117. The van der Waals surface area contributed by atoms with Crippen molar-refractivity contribution in [1.82, 2.24) is 9.55 Å². The van der Waals surface area contributed by atoms with Crippen molar-refractivity contribution in [2.75, 3.05) is 18.5 Å². The zero-order chi connectivity index (χ0) is 26.7. The standard InChI is InChI=1S/C26H26ClF2N3O4S/c1-31-12-11-30-26(31)16-32(37(33,34)19-8-10-24(35-2)25(15-19)36-3)23-9-7-18(27)13-17(23)14-20-21(28)5-4-6-22(20)29/h4-7,9-13,15,19H,8,14,16H2,1-3H3. The minimum atomic E-state index is -4.10. The smallest absolute Gasteiger partial charge is 0.242 e. The third kappa shape index (κ3) is 5.50. The molecular formula is C26H26ClF2N3O4S. The zero-order valence-corrected chi connectivity index (χ0v) is 22.1. The SMILES string of the molecule is COC1=CCC(S(=O)(=O)N(Cc2nccn2C)c2ccc(Cl)cc2Cc2c(F)cccc2F)C=C1OC. The number of benzene rings is 2. The first-order chi connectivity index (χ1) is 17.6. The first-order valence-corrected chi connectivity index (χ1v) is 13.2. The highest BCUT2D eigenvalue weighted by Crippen LogP contribution is 2.34. The highest BCUT2D eigenvalue weighted by molar-refractivity contribution is 7.93. The fourth-order valence-corrected chi connectivity index (χ4v) is 6.09. The third-order valence-corrected chi connectivity index (χ3v) is 8.46. The number of halogens is 3. The van der Waals surface area contributed by atoms with Crippen LogP contribution in [0.25, 0.3) is 0 Å². The van der Waals surface area contributed by atoms with E-state index in [4.69, 9.17) is 21.1 Å². The van der Waals surface area contributed by atoms with Crippen molar-refractivity contribution >= 4 is 27.3 Å². The largest absolute Gasteiger partial charge is 0.493 e. The van der Waals surface area contributed by atoms with Crippen LogP contribution in [-0.2, 0) is 39.5 Å². The van der Waals surface area contributed by atoms with Crippen LogP contribution in [-0.4, -0.2) is 37.4 Å². The Morgan fingerprint density at radius 1 is 1.14 bits per heavy atom. The number of allylic oxidation sites excluding steroid dienone is 1. The lowest BCUT2D eigenvalue weighted by atomic mass is 10.0. The molecule has 0 bridgehead atoms. The summed E-state index contributed by atoms with van der Waals surface area (Å²) in [6.07, 6.45) is 6.34. The monoisotopic (exact) mass is 549 g/mol. The van der Waals surface area contributed by atoms with Crippen LogP contribution >= 0.6 is 11.6 Å². The number of ether oxygens (including phenoxy) is 2. The first-order valence-electron chi connectivity index (χ1n) is 11.3. The van der Waals surface area contributed by atoms with E-state index < -0.39 is 26.9 Å². The van der Waals surface area contributed by atoms with E-state index in [1.54, 1.807) is 36.2 Å². The van der Waals surface area contributed by atoms with Crippen molar-refractivity contribution in [2.24, 2.45) is 7.05 Å². The summed E-state index contributed by atoms with van der Waals surface area (Å²) in [7, 11) is 0.557. The van der Waals surface area contributed by atoms with E-state index in [9.17, 15) is 17.2 Å². The summed E-state index contributed by atoms with van der Waals surface area (Å²) in [6, 6.07) is 8.18. The number of hydrogen-bond donors (Lipinski definition) is 0. The van der Waals surface area contributed by atoms with E-state index in [1.807, 2.05) is 0 Å². The molecule has 1 aromatic heterocycles. The Kier molecular flexibility index (Phi) is 7.89. The number of anilines is 1. The van der Waals surface area contributed by atoms with Gasteiger partial charge in [-0.3, -0.25) is 4.31 Å².